The van der Waals surface area contributed by atoms with Gasteiger partial charge in [0.05, 0.1) is 0 Å². The number of nitro groups is 1. The molecular formula is C9H15NO4. The summed E-state index contributed by atoms with van der Waals surface area (Å²) in [4.78, 5) is 20.9. The molecule has 1 rings (SSSR count). The first-order chi connectivity index (χ1) is 6.52. The summed E-state index contributed by atoms with van der Waals surface area (Å²) >= 11 is 0. The summed E-state index contributed by atoms with van der Waals surface area (Å²) in [5.41, 5.74) is 0. The van der Waals surface area contributed by atoms with E-state index < -0.39 is 22.9 Å². The van der Waals surface area contributed by atoms with Crippen LogP contribution in [0.4, 0.5) is 0 Å². The third kappa shape index (κ3) is 2.51. The minimum atomic E-state index is -1.44. The minimum absolute atomic E-state index is 0.319. The number of nitrogens with zero attached hydrogens (tertiary/aromatic N) is 1. The van der Waals surface area contributed by atoms with Crippen LogP contribution in [0.5, 0.6) is 0 Å². The van der Waals surface area contributed by atoms with Crippen LogP contribution in [0.1, 0.15) is 32.6 Å². The molecule has 5 heteroatoms. The van der Waals surface area contributed by atoms with Crippen LogP contribution in [0, 0.1) is 16.0 Å². The highest BCUT2D eigenvalue weighted by Crippen LogP contribution is 2.31. The van der Waals surface area contributed by atoms with E-state index in [1.807, 2.05) is 0 Å². The molecule has 0 radical (unpaired) electrons. The van der Waals surface area contributed by atoms with Crippen LogP contribution in [-0.2, 0) is 4.79 Å². The molecule has 0 unspecified atom stereocenters. The molecular weight excluding hydrogens is 186 g/mol. The normalized spacial score (nSPS) is 21.0. The Morgan fingerprint density at radius 2 is 2.21 bits per heavy atom. The zero-order chi connectivity index (χ0) is 10.7. The van der Waals surface area contributed by atoms with E-state index in [0.29, 0.717) is 12.3 Å². The molecule has 5 nitrogen and oxygen atoms in total. The second kappa shape index (κ2) is 4.50. The van der Waals surface area contributed by atoms with Crippen molar-refractivity contribution < 1.29 is 14.8 Å². The highest BCUT2D eigenvalue weighted by molar-refractivity contribution is 5.80. The Hall–Kier alpha value is -0.970. The lowest BCUT2D eigenvalue weighted by Crippen LogP contribution is -2.40. The third-order valence-corrected chi connectivity index (χ3v) is 2.85. The Kier molecular flexibility index (Phi) is 3.57. The van der Waals surface area contributed by atoms with E-state index in [2.05, 4.69) is 0 Å². The molecule has 0 aromatic heterocycles. The standard InChI is InChI=1S/C9H15NO4/c1-6(11)9(12)8(10(13)14)5-7-3-2-4-7/h7-9,12H,2-5H2,1H3/t8-,9-/m0/s1. The molecule has 80 valence electrons. The number of aliphatic hydroxyl groups is 1. The largest absolute Gasteiger partial charge is 0.379 e. The number of carbonyl (C=O) groups excluding carboxylic acids is 1. The maximum Gasteiger partial charge on any atom is 0.245 e. The van der Waals surface area contributed by atoms with Gasteiger partial charge in [-0.05, 0) is 12.8 Å². The highest BCUT2D eigenvalue weighted by atomic mass is 16.6. The summed E-state index contributed by atoms with van der Waals surface area (Å²) in [5, 5.41) is 19.9. The third-order valence-electron chi connectivity index (χ3n) is 2.85. The van der Waals surface area contributed by atoms with E-state index in [1.165, 1.54) is 6.92 Å². The summed E-state index contributed by atoms with van der Waals surface area (Å²) < 4.78 is 0. The van der Waals surface area contributed by atoms with Gasteiger partial charge in [0.15, 0.2) is 11.9 Å². The van der Waals surface area contributed by atoms with Crippen molar-refractivity contribution in [2.45, 2.75) is 44.8 Å². The van der Waals surface area contributed by atoms with Gasteiger partial charge in [-0.1, -0.05) is 19.3 Å². The number of Topliss-reactive ketones (excluding diaryl/α,β-unsaturated/α-hetero) is 1. The number of carbonyl (C=O) groups is 1. The van der Waals surface area contributed by atoms with Gasteiger partial charge < -0.3 is 5.11 Å². The van der Waals surface area contributed by atoms with Crippen LogP contribution in [0.25, 0.3) is 0 Å². The summed E-state index contributed by atoms with van der Waals surface area (Å²) in [6.07, 6.45) is 1.95. The van der Waals surface area contributed by atoms with Crippen molar-refractivity contribution in [2.24, 2.45) is 5.92 Å². The van der Waals surface area contributed by atoms with Crippen molar-refractivity contribution in [1.82, 2.24) is 0 Å². The zero-order valence-corrected chi connectivity index (χ0v) is 8.18. The predicted octanol–water partition coefficient (Wildman–Crippen LogP) is 0.772. The van der Waals surface area contributed by atoms with E-state index in [1.54, 1.807) is 0 Å². The van der Waals surface area contributed by atoms with Crippen LogP contribution in [0.15, 0.2) is 0 Å². The first-order valence-corrected chi connectivity index (χ1v) is 4.84. The average molecular weight is 201 g/mol. The maximum atomic E-state index is 10.8. The Labute approximate surface area is 82.3 Å². The van der Waals surface area contributed by atoms with Crippen molar-refractivity contribution in [3.63, 3.8) is 0 Å². The van der Waals surface area contributed by atoms with Gasteiger partial charge in [-0.15, -0.1) is 0 Å². The minimum Gasteiger partial charge on any atom is -0.379 e. The molecule has 0 aliphatic heterocycles. The van der Waals surface area contributed by atoms with E-state index in [4.69, 9.17) is 0 Å². The number of ketones is 1. The topological polar surface area (TPSA) is 80.4 Å². The van der Waals surface area contributed by atoms with E-state index >= 15 is 0 Å². The molecule has 1 aliphatic carbocycles. The summed E-state index contributed by atoms with van der Waals surface area (Å²) in [7, 11) is 0. The molecule has 1 N–H and O–H groups in total. The molecule has 0 spiro atoms. The number of hydrogen-bond donors (Lipinski definition) is 1. The number of hydrogen-bond acceptors (Lipinski definition) is 4. The SMILES string of the molecule is CC(=O)[C@H](O)[C@H](CC1CCC1)[N+](=O)[O-]. The Balaban J connectivity index is 2.53. The average Bonchev–Trinajstić information content (AvgIpc) is 2.00. The van der Waals surface area contributed by atoms with Crippen LogP contribution in [0.2, 0.25) is 0 Å². The molecule has 14 heavy (non-hydrogen) atoms. The molecule has 1 fully saturated rings. The Morgan fingerprint density at radius 3 is 2.50 bits per heavy atom. The van der Waals surface area contributed by atoms with Gasteiger partial charge in [0.2, 0.25) is 6.04 Å². The Bertz CT molecular complexity index is 237. The van der Waals surface area contributed by atoms with E-state index in [9.17, 15) is 20.0 Å². The van der Waals surface area contributed by atoms with Crippen molar-refractivity contribution in [2.75, 3.05) is 0 Å². The van der Waals surface area contributed by atoms with Crippen molar-refractivity contribution in [1.29, 1.82) is 0 Å². The van der Waals surface area contributed by atoms with Gasteiger partial charge >= 0.3 is 0 Å². The smallest absolute Gasteiger partial charge is 0.245 e. The van der Waals surface area contributed by atoms with E-state index in [0.717, 1.165) is 19.3 Å². The maximum absolute atomic E-state index is 10.8. The monoisotopic (exact) mass is 201 g/mol. The van der Waals surface area contributed by atoms with E-state index in [-0.39, 0.29) is 0 Å². The molecule has 1 saturated carbocycles. The Morgan fingerprint density at radius 1 is 1.64 bits per heavy atom. The summed E-state index contributed by atoms with van der Waals surface area (Å²) in [5.74, 6) is -0.203. The van der Waals surface area contributed by atoms with Gasteiger partial charge in [0.1, 0.15) is 0 Å². The van der Waals surface area contributed by atoms with Crippen LogP contribution >= 0.6 is 0 Å². The zero-order valence-electron chi connectivity index (χ0n) is 8.18. The van der Waals surface area contributed by atoms with Gasteiger partial charge in [-0.25, -0.2) is 0 Å². The van der Waals surface area contributed by atoms with Crippen molar-refractivity contribution >= 4 is 5.78 Å². The van der Waals surface area contributed by atoms with Crippen LogP contribution in [0.3, 0.4) is 0 Å². The molecule has 0 bridgehead atoms. The van der Waals surface area contributed by atoms with Gasteiger partial charge in [-0.3, -0.25) is 14.9 Å². The van der Waals surface area contributed by atoms with Crippen molar-refractivity contribution in [3.05, 3.63) is 10.1 Å². The van der Waals surface area contributed by atoms with Crippen molar-refractivity contribution in [3.8, 4) is 0 Å². The molecule has 1 aliphatic rings. The molecule has 2 atom stereocenters. The lowest BCUT2D eigenvalue weighted by atomic mass is 9.80. The second-order valence-corrected chi connectivity index (χ2v) is 3.94. The lowest BCUT2D eigenvalue weighted by Gasteiger charge is -2.27. The lowest BCUT2D eigenvalue weighted by molar-refractivity contribution is -0.533. The highest BCUT2D eigenvalue weighted by Gasteiger charge is 2.36. The molecule has 0 saturated heterocycles. The first kappa shape index (κ1) is 11.1. The fourth-order valence-electron chi connectivity index (χ4n) is 1.67. The second-order valence-electron chi connectivity index (χ2n) is 3.94. The predicted molar refractivity (Wildman–Crippen MR) is 49.4 cm³/mol. The van der Waals surface area contributed by atoms with Crippen LogP contribution < -0.4 is 0 Å². The summed E-state index contributed by atoms with van der Waals surface area (Å²) in [6.45, 7) is 1.18. The molecule has 0 aromatic rings. The fraction of sp³-hybridized carbons (Fsp3) is 0.889. The van der Waals surface area contributed by atoms with Gasteiger partial charge in [0.25, 0.3) is 0 Å². The molecule has 0 heterocycles. The van der Waals surface area contributed by atoms with Gasteiger partial charge in [0, 0.05) is 11.3 Å². The molecule has 0 amide bonds. The first-order valence-electron chi connectivity index (χ1n) is 4.84. The number of aliphatic hydroxyl groups excluding tert-OH is 1. The quantitative estimate of drug-likeness (QED) is 0.526. The van der Waals surface area contributed by atoms with Gasteiger partial charge in [-0.2, -0.15) is 0 Å². The fourth-order valence-corrected chi connectivity index (χ4v) is 1.67. The summed E-state index contributed by atoms with van der Waals surface area (Å²) in [6, 6.07) is -1.11. The number of rotatable bonds is 5. The molecule has 0 aromatic carbocycles. The van der Waals surface area contributed by atoms with Crippen LogP contribution in [-0.4, -0.2) is 28.0 Å².